The van der Waals surface area contributed by atoms with E-state index < -0.39 is 0 Å². The average molecular weight is 288 g/mol. The lowest BCUT2D eigenvalue weighted by atomic mass is 9.95. The highest BCUT2D eigenvalue weighted by molar-refractivity contribution is 5.93. The van der Waals surface area contributed by atoms with Crippen LogP contribution in [0.2, 0.25) is 0 Å². The van der Waals surface area contributed by atoms with Gasteiger partial charge in [-0.2, -0.15) is 0 Å². The fourth-order valence-electron chi connectivity index (χ4n) is 3.81. The van der Waals surface area contributed by atoms with E-state index in [1.165, 1.54) is 0 Å². The summed E-state index contributed by atoms with van der Waals surface area (Å²) < 4.78 is 5.29. The van der Waals surface area contributed by atoms with Gasteiger partial charge in [0.2, 0.25) is 0 Å². The van der Waals surface area contributed by atoms with Gasteiger partial charge in [-0.25, -0.2) is 0 Å². The van der Waals surface area contributed by atoms with Crippen molar-refractivity contribution in [2.24, 2.45) is 5.92 Å². The van der Waals surface area contributed by atoms with Crippen LogP contribution in [0.4, 0.5) is 0 Å². The number of likely N-dealkylation sites (tertiary alicyclic amines) is 1. The largest absolute Gasteiger partial charge is 0.360 e. The number of hydrogen-bond donors (Lipinski definition) is 0. The van der Waals surface area contributed by atoms with Gasteiger partial charge in [-0.3, -0.25) is 9.59 Å². The predicted molar refractivity (Wildman–Crippen MR) is 74.9 cm³/mol. The van der Waals surface area contributed by atoms with Crippen LogP contribution in [0.1, 0.15) is 67.1 Å². The predicted octanol–water partition coefficient (Wildman–Crippen LogP) is 2.53. The number of Topliss-reactive ketones (excluding diaryl/α,β-unsaturated/α-hetero) is 1. The molecule has 2 saturated carbocycles. The molecule has 0 spiro atoms. The maximum atomic E-state index is 12.7. The minimum absolute atomic E-state index is 0.0475. The van der Waals surface area contributed by atoms with Crippen LogP contribution in [0.5, 0.6) is 0 Å². The topological polar surface area (TPSA) is 63.4 Å². The molecule has 0 aromatic carbocycles. The first-order valence-corrected chi connectivity index (χ1v) is 8.04. The fraction of sp³-hybridized carbons (Fsp3) is 0.688. The smallest absolute Gasteiger partial charge is 0.276 e. The number of ketones is 1. The van der Waals surface area contributed by atoms with Crippen molar-refractivity contribution in [3.8, 4) is 0 Å². The van der Waals surface area contributed by atoms with E-state index in [9.17, 15) is 9.59 Å². The zero-order chi connectivity index (χ0) is 14.4. The Balaban J connectivity index is 1.52. The van der Waals surface area contributed by atoms with Gasteiger partial charge >= 0.3 is 0 Å². The number of carbonyl (C=O) groups excluding carboxylic acids is 2. The van der Waals surface area contributed by atoms with Gasteiger partial charge in [-0.1, -0.05) is 5.16 Å². The zero-order valence-corrected chi connectivity index (χ0v) is 12.1. The van der Waals surface area contributed by atoms with E-state index in [-0.39, 0.29) is 17.9 Å². The zero-order valence-electron chi connectivity index (χ0n) is 12.1. The van der Waals surface area contributed by atoms with Gasteiger partial charge in [-0.05, 0) is 38.5 Å². The number of rotatable bonds is 3. The van der Waals surface area contributed by atoms with Crippen LogP contribution in [0.15, 0.2) is 10.6 Å². The van der Waals surface area contributed by atoms with E-state index in [2.05, 4.69) is 5.16 Å². The first-order chi connectivity index (χ1) is 10.2. The minimum Gasteiger partial charge on any atom is -0.360 e. The van der Waals surface area contributed by atoms with E-state index in [0.717, 1.165) is 50.8 Å². The van der Waals surface area contributed by atoms with E-state index in [1.807, 2.05) is 4.90 Å². The Hall–Kier alpha value is -1.65. The summed E-state index contributed by atoms with van der Waals surface area (Å²) in [6.45, 7) is 0.735. The molecular weight excluding hydrogens is 268 g/mol. The molecular formula is C16H20N2O3. The Morgan fingerprint density at radius 1 is 1.24 bits per heavy atom. The summed E-state index contributed by atoms with van der Waals surface area (Å²) in [5.74, 6) is 1.62. The molecule has 0 radical (unpaired) electrons. The van der Waals surface area contributed by atoms with Gasteiger partial charge in [0.1, 0.15) is 11.5 Å². The molecule has 4 rings (SSSR count). The number of amides is 1. The van der Waals surface area contributed by atoms with Crippen molar-refractivity contribution >= 4 is 11.7 Å². The Morgan fingerprint density at radius 2 is 2.10 bits per heavy atom. The molecule has 5 heteroatoms. The average Bonchev–Trinajstić information content (AvgIpc) is 2.93. The first-order valence-electron chi connectivity index (χ1n) is 8.04. The molecule has 2 atom stereocenters. The second-order valence-electron chi connectivity index (χ2n) is 6.56. The molecule has 2 unspecified atom stereocenters. The van der Waals surface area contributed by atoms with Crippen LogP contribution in [0.3, 0.4) is 0 Å². The highest BCUT2D eigenvalue weighted by Gasteiger charge is 2.41. The number of carbonyl (C=O) groups is 2. The monoisotopic (exact) mass is 288 g/mol. The molecule has 1 aromatic heterocycles. The van der Waals surface area contributed by atoms with E-state index >= 15 is 0 Å². The van der Waals surface area contributed by atoms with Crippen molar-refractivity contribution in [3.05, 3.63) is 17.5 Å². The van der Waals surface area contributed by atoms with Gasteiger partial charge < -0.3 is 9.42 Å². The van der Waals surface area contributed by atoms with Gasteiger partial charge in [0.15, 0.2) is 5.69 Å². The molecule has 1 aliphatic heterocycles. The van der Waals surface area contributed by atoms with Crippen LogP contribution >= 0.6 is 0 Å². The van der Waals surface area contributed by atoms with E-state index in [1.54, 1.807) is 6.07 Å². The van der Waals surface area contributed by atoms with Crippen molar-refractivity contribution in [1.82, 2.24) is 10.1 Å². The van der Waals surface area contributed by atoms with Crippen LogP contribution < -0.4 is 0 Å². The Bertz CT molecular complexity index is 576. The summed E-state index contributed by atoms with van der Waals surface area (Å²) in [5, 5.41) is 3.95. The van der Waals surface area contributed by atoms with Gasteiger partial charge in [0.05, 0.1) is 0 Å². The maximum Gasteiger partial charge on any atom is 0.276 e. The summed E-state index contributed by atoms with van der Waals surface area (Å²) in [4.78, 5) is 26.5. The molecule has 1 saturated heterocycles. The molecule has 3 fully saturated rings. The number of hydrogen-bond acceptors (Lipinski definition) is 4. The Labute approximate surface area is 123 Å². The standard InChI is InChI=1S/C16H20N2O3/c19-14-5-1-3-11(14)13-4-2-8-18(13)16(20)12-9-15(21-17-12)10-6-7-10/h9-11,13H,1-8H2. The van der Waals surface area contributed by atoms with Crippen molar-refractivity contribution in [2.45, 2.75) is 56.9 Å². The Kier molecular flexibility index (Phi) is 3.08. The second-order valence-corrected chi connectivity index (χ2v) is 6.56. The molecule has 1 aromatic rings. The molecule has 0 bridgehead atoms. The van der Waals surface area contributed by atoms with Crippen LogP contribution in [-0.4, -0.2) is 34.3 Å². The normalized spacial score (nSPS) is 29.3. The summed E-state index contributed by atoms with van der Waals surface area (Å²) >= 11 is 0. The first kappa shape index (κ1) is 13.0. The summed E-state index contributed by atoms with van der Waals surface area (Å²) in [6, 6.07) is 1.87. The molecule has 3 aliphatic rings. The van der Waals surface area contributed by atoms with Gasteiger partial charge in [0.25, 0.3) is 5.91 Å². The van der Waals surface area contributed by atoms with E-state index in [0.29, 0.717) is 23.8 Å². The number of aromatic nitrogens is 1. The molecule has 21 heavy (non-hydrogen) atoms. The van der Waals surface area contributed by atoms with Crippen LogP contribution in [-0.2, 0) is 4.79 Å². The fourth-order valence-corrected chi connectivity index (χ4v) is 3.81. The minimum atomic E-state index is -0.0622. The third-order valence-electron chi connectivity index (χ3n) is 5.10. The van der Waals surface area contributed by atoms with E-state index in [4.69, 9.17) is 4.52 Å². The summed E-state index contributed by atoms with van der Waals surface area (Å²) in [7, 11) is 0. The second kappa shape index (κ2) is 4.97. The van der Waals surface area contributed by atoms with Gasteiger partial charge in [0, 0.05) is 36.9 Å². The summed E-state index contributed by atoms with van der Waals surface area (Å²) in [5.41, 5.74) is 0.411. The van der Waals surface area contributed by atoms with Crippen molar-refractivity contribution in [2.75, 3.05) is 6.54 Å². The molecule has 0 N–H and O–H groups in total. The Morgan fingerprint density at radius 3 is 2.81 bits per heavy atom. The van der Waals surface area contributed by atoms with Crippen LogP contribution in [0, 0.1) is 5.92 Å². The van der Waals surface area contributed by atoms with Gasteiger partial charge in [-0.15, -0.1) is 0 Å². The third-order valence-corrected chi connectivity index (χ3v) is 5.10. The van der Waals surface area contributed by atoms with Crippen molar-refractivity contribution < 1.29 is 14.1 Å². The molecule has 2 heterocycles. The quantitative estimate of drug-likeness (QED) is 0.857. The lowest BCUT2D eigenvalue weighted by Gasteiger charge is -2.27. The number of nitrogens with zero attached hydrogens (tertiary/aromatic N) is 2. The van der Waals surface area contributed by atoms with Crippen molar-refractivity contribution in [1.29, 1.82) is 0 Å². The molecule has 5 nitrogen and oxygen atoms in total. The highest BCUT2D eigenvalue weighted by atomic mass is 16.5. The SMILES string of the molecule is O=C1CCCC1C1CCCN1C(=O)c1cc(C2CC2)on1. The summed E-state index contributed by atoms with van der Waals surface area (Å²) in [6.07, 6.45) is 6.76. The highest BCUT2D eigenvalue weighted by Crippen LogP contribution is 2.40. The lowest BCUT2D eigenvalue weighted by Crippen LogP contribution is -2.41. The lowest BCUT2D eigenvalue weighted by molar-refractivity contribution is -0.121. The molecule has 112 valence electrons. The molecule has 1 amide bonds. The maximum absolute atomic E-state index is 12.7. The third kappa shape index (κ3) is 2.28. The van der Waals surface area contributed by atoms with Crippen LogP contribution in [0.25, 0.3) is 0 Å². The molecule has 2 aliphatic carbocycles. The van der Waals surface area contributed by atoms with Crippen molar-refractivity contribution in [3.63, 3.8) is 0 Å².